The highest BCUT2D eigenvalue weighted by Crippen LogP contribution is 2.12. The first-order chi connectivity index (χ1) is 10.8. The summed E-state index contributed by atoms with van der Waals surface area (Å²) in [6, 6.07) is 17.2. The second-order valence-electron chi connectivity index (χ2n) is 4.75. The third-order valence-corrected chi connectivity index (χ3v) is 2.99. The van der Waals surface area contributed by atoms with Gasteiger partial charge < -0.3 is 20.5 Å². The molecule has 0 unspecified atom stereocenters. The minimum atomic E-state index is -0.292. The fourth-order valence-corrected chi connectivity index (χ4v) is 1.93. The van der Waals surface area contributed by atoms with Gasteiger partial charge in [-0.2, -0.15) is 0 Å². The van der Waals surface area contributed by atoms with Gasteiger partial charge in [0.15, 0.2) is 0 Å². The molecule has 0 aromatic heterocycles. The average molecular weight is 300 g/mol. The summed E-state index contributed by atoms with van der Waals surface area (Å²) in [5.41, 5.74) is 2.03. The molecular weight excluding hydrogens is 280 g/mol. The van der Waals surface area contributed by atoms with Crippen LogP contribution in [0, 0.1) is 0 Å². The largest absolute Gasteiger partial charge is 0.489 e. The van der Waals surface area contributed by atoms with Crippen molar-refractivity contribution in [2.24, 2.45) is 0 Å². The number of nitrogens with one attached hydrogen (secondary N) is 2. The number of urea groups is 1. The van der Waals surface area contributed by atoms with E-state index >= 15 is 0 Å². The van der Waals surface area contributed by atoms with Crippen molar-refractivity contribution in [3.63, 3.8) is 0 Å². The van der Waals surface area contributed by atoms with E-state index in [-0.39, 0.29) is 19.2 Å². The van der Waals surface area contributed by atoms with Crippen molar-refractivity contribution in [3.05, 3.63) is 65.7 Å². The van der Waals surface area contributed by atoms with Gasteiger partial charge in [-0.15, -0.1) is 0 Å². The number of aliphatic hydroxyl groups is 1. The Morgan fingerprint density at radius 3 is 2.55 bits per heavy atom. The lowest BCUT2D eigenvalue weighted by Crippen LogP contribution is -2.36. The minimum Gasteiger partial charge on any atom is -0.489 e. The van der Waals surface area contributed by atoms with Gasteiger partial charge in [-0.1, -0.05) is 42.5 Å². The molecule has 3 N–H and O–H groups in total. The predicted molar refractivity (Wildman–Crippen MR) is 84.5 cm³/mol. The van der Waals surface area contributed by atoms with Gasteiger partial charge in [0, 0.05) is 13.1 Å². The van der Waals surface area contributed by atoms with E-state index in [0.717, 1.165) is 16.9 Å². The van der Waals surface area contributed by atoms with Crippen molar-refractivity contribution < 1.29 is 14.6 Å². The maximum Gasteiger partial charge on any atom is 0.315 e. The first kappa shape index (κ1) is 15.9. The average Bonchev–Trinajstić information content (AvgIpc) is 2.57. The van der Waals surface area contributed by atoms with E-state index in [1.54, 1.807) is 0 Å². The summed E-state index contributed by atoms with van der Waals surface area (Å²) in [6.45, 7) is 1.08. The molecule has 0 saturated carbocycles. The maximum absolute atomic E-state index is 11.4. The molecule has 0 aliphatic carbocycles. The third-order valence-electron chi connectivity index (χ3n) is 2.99. The second-order valence-corrected chi connectivity index (χ2v) is 4.75. The Labute approximate surface area is 129 Å². The zero-order valence-corrected chi connectivity index (χ0v) is 12.3. The van der Waals surface area contributed by atoms with Crippen LogP contribution in [0.1, 0.15) is 11.1 Å². The molecule has 0 aliphatic heterocycles. The van der Waals surface area contributed by atoms with Gasteiger partial charge in [0.2, 0.25) is 0 Å². The Balaban J connectivity index is 1.83. The number of ether oxygens (including phenoxy) is 1. The lowest BCUT2D eigenvalue weighted by atomic mass is 10.1. The molecule has 0 bridgehead atoms. The van der Waals surface area contributed by atoms with Crippen LogP contribution in [0.25, 0.3) is 0 Å². The number of carbonyl (C=O) groups is 1. The summed E-state index contributed by atoms with van der Waals surface area (Å²) in [4.78, 5) is 11.4. The second kappa shape index (κ2) is 8.69. The third kappa shape index (κ3) is 5.46. The molecule has 2 aromatic carbocycles. The van der Waals surface area contributed by atoms with Crippen LogP contribution in [-0.4, -0.2) is 24.3 Å². The molecule has 0 fully saturated rings. The molecule has 2 amide bonds. The van der Waals surface area contributed by atoms with E-state index in [0.29, 0.717) is 13.2 Å². The van der Waals surface area contributed by atoms with E-state index in [1.165, 1.54) is 0 Å². The minimum absolute atomic E-state index is 0.0697. The van der Waals surface area contributed by atoms with Crippen LogP contribution in [0.5, 0.6) is 5.75 Å². The molecule has 0 saturated heterocycles. The first-order valence-corrected chi connectivity index (χ1v) is 7.16. The zero-order valence-electron chi connectivity index (χ0n) is 12.3. The lowest BCUT2D eigenvalue weighted by molar-refractivity contribution is 0.234. The summed E-state index contributed by atoms with van der Waals surface area (Å²) < 4.78 is 5.70. The zero-order chi connectivity index (χ0) is 15.6. The van der Waals surface area contributed by atoms with Gasteiger partial charge in [0.05, 0.1) is 6.61 Å². The predicted octanol–water partition coefficient (Wildman–Crippen LogP) is 2.06. The molecule has 0 spiro atoms. The van der Waals surface area contributed by atoms with E-state index in [2.05, 4.69) is 10.6 Å². The number of hydrogen-bond acceptors (Lipinski definition) is 3. The van der Waals surface area contributed by atoms with E-state index in [1.807, 2.05) is 54.6 Å². The Morgan fingerprint density at radius 1 is 1.00 bits per heavy atom. The van der Waals surface area contributed by atoms with Crippen LogP contribution < -0.4 is 15.4 Å². The highest BCUT2D eigenvalue weighted by Gasteiger charge is 2.01. The van der Waals surface area contributed by atoms with Crippen LogP contribution in [0.15, 0.2) is 54.6 Å². The van der Waals surface area contributed by atoms with Crippen molar-refractivity contribution in [1.82, 2.24) is 10.6 Å². The Hall–Kier alpha value is -2.53. The number of para-hydroxylation sites is 1. The van der Waals surface area contributed by atoms with Gasteiger partial charge in [-0.3, -0.25) is 0 Å². The lowest BCUT2D eigenvalue weighted by Gasteiger charge is -2.09. The van der Waals surface area contributed by atoms with E-state index in [9.17, 15) is 4.79 Å². The number of carbonyl (C=O) groups excluding carboxylic acids is 1. The number of aliphatic hydroxyl groups excluding tert-OH is 1. The van der Waals surface area contributed by atoms with Gasteiger partial charge in [-0.25, -0.2) is 4.79 Å². The monoisotopic (exact) mass is 300 g/mol. The summed E-state index contributed by atoms with van der Waals surface area (Å²) >= 11 is 0. The van der Waals surface area contributed by atoms with E-state index in [4.69, 9.17) is 9.84 Å². The fraction of sp³-hybridized carbons (Fsp3) is 0.235. The molecule has 2 aromatic rings. The number of benzene rings is 2. The highest BCUT2D eigenvalue weighted by atomic mass is 16.5. The van der Waals surface area contributed by atoms with Gasteiger partial charge in [-0.05, 0) is 23.3 Å². The molecule has 0 atom stereocenters. The van der Waals surface area contributed by atoms with Crippen molar-refractivity contribution in [2.75, 3.05) is 13.2 Å². The summed E-state index contributed by atoms with van der Waals surface area (Å²) in [5.74, 6) is 0.828. The van der Waals surface area contributed by atoms with Crippen molar-refractivity contribution in [3.8, 4) is 5.75 Å². The molecule has 0 radical (unpaired) electrons. The standard InChI is InChI=1S/C17H20N2O3/c20-10-9-18-17(21)19-12-14-5-4-6-15(11-14)13-22-16-7-2-1-3-8-16/h1-8,11,20H,9-10,12-13H2,(H2,18,19,21). The Kier molecular flexibility index (Phi) is 6.26. The highest BCUT2D eigenvalue weighted by molar-refractivity contribution is 5.73. The van der Waals surface area contributed by atoms with Crippen molar-refractivity contribution in [1.29, 1.82) is 0 Å². The molecular formula is C17H20N2O3. The number of hydrogen-bond donors (Lipinski definition) is 3. The molecule has 5 nitrogen and oxygen atoms in total. The van der Waals surface area contributed by atoms with Gasteiger partial charge >= 0.3 is 6.03 Å². The molecule has 2 rings (SSSR count). The summed E-state index contributed by atoms with van der Waals surface area (Å²) in [5, 5.41) is 13.9. The Morgan fingerprint density at radius 2 is 1.77 bits per heavy atom. The smallest absolute Gasteiger partial charge is 0.315 e. The molecule has 0 aliphatic rings. The van der Waals surface area contributed by atoms with E-state index < -0.39 is 0 Å². The first-order valence-electron chi connectivity index (χ1n) is 7.16. The topological polar surface area (TPSA) is 70.6 Å². The van der Waals surface area contributed by atoms with Crippen molar-refractivity contribution >= 4 is 6.03 Å². The number of rotatable bonds is 7. The number of amides is 2. The molecule has 5 heteroatoms. The van der Waals surface area contributed by atoms with Crippen LogP contribution in [-0.2, 0) is 13.2 Å². The quantitative estimate of drug-likeness (QED) is 0.733. The molecule has 22 heavy (non-hydrogen) atoms. The summed E-state index contributed by atoms with van der Waals surface area (Å²) in [7, 11) is 0. The van der Waals surface area contributed by atoms with Crippen LogP contribution in [0.2, 0.25) is 0 Å². The van der Waals surface area contributed by atoms with Gasteiger partial charge in [0.25, 0.3) is 0 Å². The molecule has 0 heterocycles. The SMILES string of the molecule is O=C(NCCO)NCc1cccc(COc2ccccc2)c1. The van der Waals surface area contributed by atoms with Crippen LogP contribution in [0.3, 0.4) is 0 Å². The summed E-state index contributed by atoms with van der Waals surface area (Å²) in [6.07, 6.45) is 0. The fourth-order valence-electron chi connectivity index (χ4n) is 1.93. The maximum atomic E-state index is 11.4. The normalized spacial score (nSPS) is 10.0. The van der Waals surface area contributed by atoms with Gasteiger partial charge in [0.1, 0.15) is 12.4 Å². The van der Waals surface area contributed by atoms with Crippen LogP contribution >= 0.6 is 0 Å². The van der Waals surface area contributed by atoms with Crippen molar-refractivity contribution in [2.45, 2.75) is 13.2 Å². The molecule has 116 valence electrons. The Bertz CT molecular complexity index is 587. The van der Waals surface area contributed by atoms with Crippen LogP contribution in [0.4, 0.5) is 4.79 Å².